The highest BCUT2D eigenvalue weighted by Crippen LogP contribution is 2.50. The number of carboxylic acids is 1. The molecule has 1 atom stereocenters. The maximum atomic E-state index is 13.2. The average molecular weight is 697 g/mol. The van der Waals surface area contributed by atoms with Gasteiger partial charge in [0.25, 0.3) is 11.8 Å². The van der Waals surface area contributed by atoms with E-state index in [1.165, 1.54) is 12.1 Å². The third-order valence-corrected chi connectivity index (χ3v) is 8.96. The summed E-state index contributed by atoms with van der Waals surface area (Å²) in [6.07, 6.45) is 0.486. The first-order chi connectivity index (χ1) is 24.8. The van der Waals surface area contributed by atoms with Crippen molar-refractivity contribution in [3.05, 3.63) is 130 Å². The van der Waals surface area contributed by atoms with E-state index in [9.17, 15) is 29.4 Å². The van der Waals surface area contributed by atoms with Gasteiger partial charge in [-0.2, -0.15) is 4.89 Å². The van der Waals surface area contributed by atoms with Crippen LogP contribution in [0.3, 0.4) is 0 Å². The number of imide groups is 1. The van der Waals surface area contributed by atoms with Crippen LogP contribution in [0.1, 0.15) is 73.4 Å². The number of carbonyl (C=O) groups is 4. The minimum Gasteiger partial charge on any atom is -0.493 e. The van der Waals surface area contributed by atoms with Crippen molar-refractivity contribution in [2.45, 2.75) is 37.2 Å². The number of nitrogens with zero attached hydrogens (tertiary/aromatic N) is 1. The standard InChI is InChI=1S/C39H40N2O10/c1-48-32-18-12-17-31(34(32)49-2)39(27-13-6-3-7-14-27,28-15-8-4-9-16-28)33(19-10-5-11-24-42)50-51-38(47)40-22-23-41-35(43)29-21-20-26(37(45)46)25-30(29)36(41)44/h3-4,6-9,12-18,20-21,25,33,42H,5,10-11,19,22-24H2,1-2H3,(H,40,47)(H,45,46). The molecule has 0 bridgehead atoms. The van der Waals surface area contributed by atoms with Gasteiger partial charge in [-0.15, -0.1) is 0 Å². The lowest BCUT2D eigenvalue weighted by Crippen LogP contribution is -2.45. The van der Waals surface area contributed by atoms with Crippen molar-refractivity contribution in [2.24, 2.45) is 0 Å². The molecule has 1 aliphatic rings. The maximum Gasteiger partial charge on any atom is 0.438 e. The monoisotopic (exact) mass is 696 g/mol. The summed E-state index contributed by atoms with van der Waals surface area (Å²) in [5.74, 6) is -1.51. The summed E-state index contributed by atoms with van der Waals surface area (Å²) in [6.45, 7) is -0.315. The SMILES string of the molecule is COc1cccc(C(c2ccccc2)(c2ccccc2)C(CCCCCO)OOC(=O)NCCN2C(=O)c3ccc(C(=O)O)cc3C2=O)c1OC. The van der Waals surface area contributed by atoms with Gasteiger partial charge in [0.15, 0.2) is 11.5 Å². The Kier molecular flexibility index (Phi) is 12.0. The van der Waals surface area contributed by atoms with Gasteiger partial charge in [-0.25, -0.2) is 9.59 Å². The average Bonchev–Trinajstić information content (AvgIpc) is 3.40. The molecule has 4 aromatic carbocycles. The molecule has 1 heterocycles. The Labute approximate surface area is 295 Å². The van der Waals surface area contributed by atoms with Crippen molar-refractivity contribution >= 4 is 23.9 Å². The molecule has 1 unspecified atom stereocenters. The van der Waals surface area contributed by atoms with Crippen molar-refractivity contribution < 1.29 is 48.6 Å². The number of hydrogen-bond donors (Lipinski definition) is 3. The van der Waals surface area contributed by atoms with Crippen LogP contribution >= 0.6 is 0 Å². The number of hydrogen-bond acceptors (Lipinski definition) is 9. The molecule has 0 spiro atoms. The van der Waals surface area contributed by atoms with Crippen molar-refractivity contribution in [1.29, 1.82) is 0 Å². The molecule has 266 valence electrons. The van der Waals surface area contributed by atoms with Gasteiger partial charge < -0.3 is 25.0 Å². The number of ether oxygens (including phenoxy) is 2. The van der Waals surface area contributed by atoms with Gasteiger partial charge in [-0.05, 0) is 48.2 Å². The number of benzene rings is 4. The fourth-order valence-electron chi connectivity index (χ4n) is 6.61. The Morgan fingerprint density at radius 1 is 0.804 bits per heavy atom. The molecule has 51 heavy (non-hydrogen) atoms. The molecule has 0 saturated heterocycles. The van der Waals surface area contributed by atoms with Crippen LogP contribution in [0.25, 0.3) is 0 Å². The molecule has 3 amide bonds. The normalized spacial score (nSPS) is 13.0. The van der Waals surface area contributed by atoms with E-state index >= 15 is 0 Å². The molecule has 5 rings (SSSR count). The number of unbranched alkanes of at least 4 members (excludes halogenated alkanes) is 2. The number of fused-ring (bicyclic) bond motifs is 1. The van der Waals surface area contributed by atoms with Crippen LogP contribution in [0, 0.1) is 0 Å². The zero-order chi connectivity index (χ0) is 36.4. The molecule has 12 heteroatoms. The van der Waals surface area contributed by atoms with E-state index in [0.29, 0.717) is 42.7 Å². The second kappa shape index (κ2) is 16.8. The highest BCUT2D eigenvalue weighted by atomic mass is 17.2. The lowest BCUT2D eigenvalue weighted by atomic mass is 9.64. The number of rotatable bonds is 17. The van der Waals surface area contributed by atoms with Gasteiger partial charge in [0.2, 0.25) is 0 Å². The van der Waals surface area contributed by atoms with Crippen LogP contribution < -0.4 is 14.8 Å². The lowest BCUT2D eigenvalue weighted by Gasteiger charge is -2.42. The molecular formula is C39H40N2O10. The Morgan fingerprint density at radius 2 is 1.47 bits per heavy atom. The van der Waals surface area contributed by atoms with E-state index in [-0.39, 0.29) is 36.4 Å². The number of amides is 3. The van der Waals surface area contributed by atoms with Crippen LogP contribution in [-0.2, 0) is 15.2 Å². The summed E-state index contributed by atoms with van der Waals surface area (Å²) >= 11 is 0. The molecule has 0 fully saturated rings. The first kappa shape index (κ1) is 36.6. The number of carbonyl (C=O) groups excluding carboxylic acids is 3. The van der Waals surface area contributed by atoms with Gasteiger partial charge in [-0.1, -0.05) is 85.6 Å². The molecule has 0 aliphatic carbocycles. The number of aliphatic hydroxyl groups excluding tert-OH is 1. The summed E-state index contributed by atoms with van der Waals surface area (Å²) < 4.78 is 11.7. The van der Waals surface area contributed by atoms with Crippen molar-refractivity contribution in [3.8, 4) is 11.5 Å². The number of aliphatic hydroxyl groups is 1. The number of carboxylic acid groups (broad SMARTS) is 1. The van der Waals surface area contributed by atoms with Gasteiger partial charge >= 0.3 is 12.1 Å². The summed E-state index contributed by atoms with van der Waals surface area (Å²) in [7, 11) is 3.11. The van der Waals surface area contributed by atoms with E-state index in [1.54, 1.807) is 20.3 Å². The molecule has 0 radical (unpaired) electrons. The smallest absolute Gasteiger partial charge is 0.438 e. The second-order valence-electron chi connectivity index (χ2n) is 11.9. The van der Waals surface area contributed by atoms with Crippen LogP contribution in [-0.4, -0.2) is 79.0 Å². The minimum atomic E-state index is -1.22. The van der Waals surface area contributed by atoms with E-state index in [2.05, 4.69) is 5.32 Å². The van der Waals surface area contributed by atoms with Crippen LogP contribution in [0.5, 0.6) is 11.5 Å². The second-order valence-corrected chi connectivity index (χ2v) is 11.9. The number of methoxy groups -OCH3 is 2. The van der Waals surface area contributed by atoms with E-state index in [0.717, 1.165) is 22.1 Å². The van der Waals surface area contributed by atoms with Gasteiger partial charge in [0.05, 0.1) is 36.3 Å². The number of aromatic carboxylic acids is 1. The molecule has 12 nitrogen and oxygen atoms in total. The quantitative estimate of drug-likeness (QED) is 0.0416. The van der Waals surface area contributed by atoms with Crippen molar-refractivity contribution in [1.82, 2.24) is 10.2 Å². The maximum absolute atomic E-state index is 13.2. The highest BCUT2D eigenvalue weighted by Gasteiger charge is 2.48. The topological polar surface area (TPSA) is 161 Å². The van der Waals surface area contributed by atoms with Crippen LogP contribution in [0.4, 0.5) is 4.79 Å². The highest BCUT2D eigenvalue weighted by molar-refractivity contribution is 6.21. The predicted octanol–water partition coefficient (Wildman–Crippen LogP) is 5.61. The van der Waals surface area contributed by atoms with Gasteiger partial charge in [-0.3, -0.25) is 19.4 Å². The fraction of sp³-hybridized carbons (Fsp3) is 0.282. The zero-order valence-electron chi connectivity index (χ0n) is 28.4. The third kappa shape index (κ3) is 7.57. The third-order valence-electron chi connectivity index (χ3n) is 8.96. The van der Waals surface area contributed by atoms with Crippen molar-refractivity contribution in [3.63, 3.8) is 0 Å². The van der Waals surface area contributed by atoms with Crippen molar-refractivity contribution in [2.75, 3.05) is 33.9 Å². The Hall–Kier alpha value is -5.72. The Morgan fingerprint density at radius 3 is 2.08 bits per heavy atom. The molecule has 3 N–H and O–H groups in total. The fourth-order valence-corrected chi connectivity index (χ4v) is 6.61. The summed E-state index contributed by atoms with van der Waals surface area (Å²) in [5, 5.41) is 21.3. The molecule has 1 aliphatic heterocycles. The van der Waals surface area contributed by atoms with Gasteiger partial charge in [0, 0.05) is 25.3 Å². The van der Waals surface area contributed by atoms with Gasteiger partial charge in [0.1, 0.15) is 6.10 Å². The molecule has 0 aromatic heterocycles. The van der Waals surface area contributed by atoms with Crippen LogP contribution in [0.2, 0.25) is 0 Å². The molecule has 0 saturated carbocycles. The van der Waals surface area contributed by atoms with Crippen LogP contribution in [0.15, 0.2) is 97.1 Å². The first-order valence-electron chi connectivity index (χ1n) is 16.6. The summed E-state index contributed by atoms with van der Waals surface area (Å²) in [4.78, 5) is 62.9. The molecule has 4 aromatic rings. The number of nitrogens with one attached hydrogen (secondary N) is 1. The lowest BCUT2D eigenvalue weighted by molar-refractivity contribution is -0.284. The first-order valence-corrected chi connectivity index (χ1v) is 16.6. The molecular weight excluding hydrogens is 656 g/mol. The Bertz CT molecular complexity index is 1810. The van der Waals surface area contributed by atoms with E-state index in [4.69, 9.17) is 19.2 Å². The minimum absolute atomic E-state index is 0.0130. The Balaban J connectivity index is 1.44. The number of para-hydroxylation sites is 1. The zero-order valence-corrected chi connectivity index (χ0v) is 28.4. The largest absolute Gasteiger partial charge is 0.493 e. The van der Waals surface area contributed by atoms with E-state index in [1.807, 2.05) is 72.8 Å². The summed E-state index contributed by atoms with van der Waals surface area (Å²) in [5.41, 5.74) is 1.21. The predicted molar refractivity (Wildman–Crippen MR) is 186 cm³/mol. The summed E-state index contributed by atoms with van der Waals surface area (Å²) in [6, 6.07) is 28.6. The van der Waals surface area contributed by atoms with E-state index < -0.39 is 35.4 Å².